The number of aryl methyl sites for hydroxylation is 2. The van der Waals surface area contributed by atoms with E-state index in [1.54, 1.807) is 0 Å². The molecule has 2 aliphatic rings. The highest BCUT2D eigenvalue weighted by Gasteiger charge is 2.33. The summed E-state index contributed by atoms with van der Waals surface area (Å²) in [6.45, 7) is 7.59. The summed E-state index contributed by atoms with van der Waals surface area (Å²) in [6, 6.07) is 15.6. The fraction of sp³-hybridized carbons (Fsp3) is 0.483. The summed E-state index contributed by atoms with van der Waals surface area (Å²) >= 11 is 0. The first-order valence-electron chi connectivity index (χ1n) is 12.8. The zero-order valence-corrected chi connectivity index (χ0v) is 21.3. The van der Waals surface area contributed by atoms with Gasteiger partial charge in [0.2, 0.25) is 5.91 Å². The minimum atomic E-state index is 0.135. The van der Waals surface area contributed by atoms with E-state index in [2.05, 4.69) is 66.6 Å². The van der Waals surface area contributed by atoms with Gasteiger partial charge in [-0.3, -0.25) is 4.79 Å². The molecule has 35 heavy (non-hydrogen) atoms. The van der Waals surface area contributed by atoms with E-state index in [-0.39, 0.29) is 23.9 Å². The van der Waals surface area contributed by atoms with Crippen molar-refractivity contribution < 1.29 is 9.53 Å². The number of fused-ring (bicyclic) bond motifs is 1. The van der Waals surface area contributed by atoms with E-state index in [0.29, 0.717) is 19.1 Å². The van der Waals surface area contributed by atoms with E-state index in [4.69, 9.17) is 9.72 Å². The van der Waals surface area contributed by atoms with Crippen molar-refractivity contribution in [3.05, 3.63) is 65.0 Å². The molecule has 1 atom stereocenters. The number of carbonyl (C=O) groups excluding carboxylic acids is 1. The molecule has 1 aromatic heterocycles. The topological polar surface area (TPSA) is 67.4 Å². The average Bonchev–Trinajstić information content (AvgIpc) is 2.82. The molecule has 0 bridgehead atoms. The summed E-state index contributed by atoms with van der Waals surface area (Å²) in [7, 11) is 1.93. The first kappa shape index (κ1) is 23.7. The van der Waals surface area contributed by atoms with Crippen LogP contribution in [0.15, 0.2) is 42.5 Å². The van der Waals surface area contributed by atoms with Crippen LogP contribution < -0.4 is 5.32 Å². The van der Waals surface area contributed by atoms with Gasteiger partial charge in [-0.1, -0.05) is 35.9 Å². The molecule has 2 heterocycles. The van der Waals surface area contributed by atoms with Crippen molar-refractivity contribution in [2.75, 3.05) is 25.6 Å². The van der Waals surface area contributed by atoms with Crippen LogP contribution in [-0.2, 0) is 9.53 Å². The van der Waals surface area contributed by atoms with Crippen molar-refractivity contribution >= 4 is 22.6 Å². The maximum absolute atomic E-state index is 12.9. The Hall–Kier alpha value is -2.99. The molecule has 184 valence electrons. The Labute approximate surface area is 208 Å². The Bertz CT molecular complexity index is 1210. The van der Waals surface area contributed by atoms with Crippen molar-refractivity contribution in [2.24, 2.45) is 5.92 Å². The van der Waals surface area contributed by atoms with Gasteiger partial charge in [-0.25, -0.2) is 9.97 Å². The summed E-state index contributed by atoms with van der Waals surface area (Å²) in [5.74, 6) is 2.54. The van der Waals surface area contributed by atoms with E-state index in [9.17, 15) is 4.79 Å². The van der Waals surface area contributed by atoms with Gasteiger partial charge in [0, 0.05) is 24.4 Å². The zero-order chi connectivity index (χ0) is 24.5. The summed E-state index contributed by atoms with van der Waals surface area (Å²) < 4.78 is 5.27. The van der Waals surface area contributed by atoms with Crippen LogP contribution in [0, 0.1) is 19.8 Å². The lowest BCUT2D eigenvalue weighted by Crippen LogP contribution is -2.51. The number of nitrogens with zero attached hydrogens (tertiary/aromatic N) is 3. The van der Waals surface area contributed by atoms with Crippen molar-refractivity contribution in [2.45, 2.75) is 64.5 Å². The third-order valence-corrected chi connectivity index (χ3v) is 7.79. The molecular formula is C29H36N4O2. The predicted molar refractivity (Wildman–Crippen MR) is 140 cm³/mol. The average molecular weight is 473 g/mol. The van der Waals surface area contributed by atoms with E-state index in [1.807, 2.05) is 18.9 Å². The van der Waals surface area contributed by atoms with Crippen molar-refractivity contribution in [3.8, 4) is 0 Å². The Morgan fingerprint density at radius 3 is 2.51 bits per heavy atom. The fourth-order valence-corrected chi connectivity index (χ4v) is 5.44. The van der Waals surface area contributed by atoms with Gasteiger partial charge in [0.25, 0.3) is 0 Å². The van der Waals surface area contributed by atoms with Gasteiger partial charge in [0.05, 0.1) is 24.8 Å². The molecule has 0 spiro atoms. The second kappa shape index (κ2) is 9.94. The molecule has 1 amide bonds. The van der Waals surface area contributed by atoms with E-state index in [0.717, 1.165) is 48.2 Å². The molecule has 1 N–H and O–H groups in total. The minimum absolute atomic E-state index is 0.135. The number of hydrogen-bond donors (Lipinski definition) is 1. The number of anilines is 1. The molecule has 3 aromatic rings. The zero-order valence-electron chi connectivity index (χ0n) is 21.3. The smallest absolute Gasteiger partial charge is 0.225 e. The van der Waals surface area contributed by atoms with Crippen molar-refractivity contribution in [3.63, 3.8) is 0 Å². The Balaban J connectivity index is 1.32. The molecule has 0 radical (unpaired) electrons. The second-order valence-corrected chi connectivity index (χ2v) is 10.4. The first-order valence-corrected chi connectivity index (χ1v) is 12.8. The summed E-state index contributed by atoms with van der Waals surface area (Å²) in [6.07, 6.45) is 3.96. The highest BCUT2D eigenvalue weighted by molar-refractivity contribution is 5.90. The van der Waals surface area contributed by atoms with Crippen LogP contribution in [0.3, 0.4) is 0 Å². The van der Waals surface area contributed by atoms with E-state index in [1.165, 1.54) is 16.7 Å². The molecule has 6 nitrogen and oxygen atoms in total. The molecule has 2 fully saturated rings. The first-order chi connectivity index (χ1) is 16.9. The molecule has 5 rings (SSSR count). The van der Waals surface area contributed by atoms with Gasteiger partial charge in [0.15, 0.2) is 0 Å². The molecule has 1 saturated carbocycles. The lowest BCUT2D eigenvalue weighted by molar-refractivity contribution is -0.147. The largest absolute Gasteiger partial charge is 0.377 e. The molecule has 1 saturated heterocycles. The van der Waals surface area contributed by atoms with Crippen LogP contribution in [0.25, 0.3) is 10.9 Å². The van der Waals surface area contributed by atoms with E-state index < -0.39 is 0 Å². The number of ether oxygens (including phenoxy) is 1. The van der Waals surface area contributed by atoms with Crippen LogP contribution in [0.4, 0.5) is 5.82 Å². The Morgan fingerprint density at radius 2 is 1.83 bits per heavy atom. The number of rotatable bonds is 6. The highest BCUT2D eigenvalue weighted by atomic mass is 16.5. The lowest BCUT2D eigenvalue weighted by Gasteiger charge is -2.38. The number of carbonyl (C=O) groups is 1. The van der Waals surface area contributed by atoms with Crippen LogP contribution in [0.1, 0.15) is 67.1 Å². The molecule has 2 aromatic carbocycles. The third-order valence-electron chi connectivity index (χ3n) is 7.79. The van der Waals surface area contributed by atoms with Crippen LogP contribution >= 0.6 is 0 Å². The summed E-state index contributed by atoms with van der Waals surface area (Å²) in [5, 5.41) is 4.71. The summed E-state index contributed by atoms with van der Waals surface area (Å²) in [5.41, 5.74) is 4.78. The number of aromatic nitrogens is 2. The number of nitrogens with one attached hydrogen (secondary N) is 1. The second-order valence-electron chi connectivity index (χ2n) is 10.4. The maximum atomic E-state index is 12.9. The van der Waals surface area contributed by atoms with Crippen molar-refractivity contribution in [1.82, 2.24) is 14.9 Å². The van der Waals surface area contributed by atoms with Crippen LogP contribution in [-0.4, -0.2) is 47.1 Å². The summed E-state index contributed by atoms with van der Waals surface area (Å²) in [4.78, 5) is 24.3. The lowest BCUT2D eigenvalue weighted by atomic mass is 9.78. The van der Waals surface area contributed by atoms with Gasteiger partial charge < -0.3 is 15.0 Å². The van der Waals surface area contributed by atoms with Gasteiger partial charge in [-0.2, -0.15) is 0 Å². The standard InChI is InChI=1S/C29H36N4O2/c1-18-6-5-7-23(14-18)19(2)30-28-26-15-24(12-13-27(26)31-20(3)32-28)21-8-10-22(11-9-21)29(34)33(4)25-16-35-17-25/h5-7,12-15,19,21-22,25H,8-11,16-17H2,1-4H3,(H,30,31,32)/t19-,21?,22?/m1/s1. The minimum Gasteiger partial charge on any atom is -0.377 e. The number of benzene rings is 2. The Morgan fingerprint density at radius 1 is 1.06 bits per heavy atom. The van der Waals surface area contributed by atoms with E-state index >= 15 is 0 Å². The van der Waals surface area contributed by atoms with Crippen LogP contribution in [0.5, 0.6) is 0 Å². The third kappa shape index (κ3) is 5.03. The molecule has 1 aliphatic heterocycles. The molecule has 0 unspecified atom stereocenters. The molecule has 6 heteroatoms. The monoisotopic (exact) mass is 472 g/mol. The SMILES string of the molecule is Cc1cccc([C@@H](C)Nc2nc(C)nc3ccc(C4CCC(C(=O)N(C)C5COC5)CC4)cc23)c1. The normalized spacial score (nSPS) is 21.4. The van der Waals surface area contributed by atoms with Crippen LogP contribution in [0.2, 0.25) is 0 Å². The molecule has 1 aliphatic carbocycles. The fourth-order valence-electron chi connectivity index (χ4n) is 5.44. The quantitative estimate of drug-likeness (QED) is 0.509. The number of amides is 1. The van der Waals surface area contributed by atoms with Gasteiger partial charge in [-0.15, -0.1) is 0 Å². The van der Waals surface area contributed by atoms with Gasteiger partial charge >= 0.3 is 0 Å². The van der Waals surface area contributed by atoms with Crippen molar-refractivity contribution in [1.29, 1.82) is 0 Å². The number of likely N-dealkylation sites (N-methyl/N-ethyl adjacent to an activating group) is 1. The number of hydrogen-bond acceptors (Lipinski definition) is 5. The molecular weight excluding hydrogens is 436 g/mol. The van der Waals surface area contributed by atoms with Gasteiger partial charge in [-0.05, 0) is 75.6 Å². The Kier molecular flexibility index (Phi) is 6.74. The predicted octanol–water partition coefficient (Wildman–Crippen LogP) is 5.55. The van der Waals surface area contributed by atoms with Gasteiger partial charge in [0.1, 0.15) is 11.6 Å². The highest BCUT2D eigenvalue weighted by Crippen LogP contribution is 2.38. The maximum Gasteiger partial charge on any atom is 0.225 e.